The van der Waals surface area contributed by atoms with E-state index in [4.69, 9.17) is 10.5 Å². The zero-order chi connectivity index (χ0) is 11.5. The minimum Gasteiger partial charge on any atom is -0.457 e. The van der Waals surface area contributed by atoms with Gasteiger partial charge in [0.1, 0.15) is 11.5 Å². The molecule has 0 spiro atoms. The summed E-state index contributed by atoms with van der Waals surface area (Å²) in [7, 11) is 0. The molecule has 2 aromatic carbocycles. The molecule has 0 amide bonds. The fourth-order valence-electron chi connectivity index (χ4n) is 1.66. The lowest BCUT2D eigenvalue weighted by molar-refractivity contribution is 0.475. The van der Waals surface area contributed by atoms with Gasteiger partial charge in [-0.05, 0) is 37.1 Å². The van der Waals surface area contributed by atoms with Crippen LogP contribution in [0.3, 0.4) is 0 Å². The second-order valence-corrected chi connectivity index (χ2v) is 3.90. The van der Waals surface area contributed by atoms with Crippen molar-refractivity contribution in [3.8, 4) is 11.5 Å². The van der Waals surface area contributed by atoms with Crippen molar-refractivity contribution in [3.05, 3.63) is 53.6 Å². The van der Waals surface area contributed by atoms with Gasteiger partial charge in [0.15, 0.2) is 0 Å². The molecule has 2 aromatic rings. The molecule has 82 valence electrons. The largest absolute Gasteiger partial charge is 0.457 e. The van der Waals surface area contributed by atoms with E-state index in [0.29, 0.717) is 5.69 Å². The molecule has 0 aliphatic carbocycles. The van der Waals surface area contributed by atoms with E-state index in [2.05, 4.69) is 0 Å². The molecular weight excluding hydrogens is 198 g/mol. The van der Waals surface area contributed by atoms with Gasteiger partial charge in [-0.25, -0.2) is 0 Å². The molecule has 0 fully saturated rings. The Morgan fingerprint density at radius 2 is 1.56 bits per heavy atom. The Kier molecular flexibility index (Phi) is 2.82. The van der Waals surface area contributed by atoms with Gasteiger partial charge in [0, 0.05) is 11.8 Å². The molecule has 0 saturated heterocycles. The Bertz CT molecular complexity index is 486. The van der Waals surface area contributed by atoms with Gasteiger partial charge in [-0.15, -0.1) is 0 Å². The van der Waals surface area contributed by atoms with E-state index in [0.717, 1.165) is 22.6 Å². The quantitative estimate of drug-likeness (QED) is 0.772. The Morgan fingerprint density at radius 1 is 0.938 bits per heavy atom. The van der Waals surface area contributed by atoms with E-state index >= 15 is 0 Å². The summed E-state index contributed by atoms with van der Waals surface area (Å²) < 4.78 is 5.84. The highest BCUT2D eigenvalue weighted by atomic mass is 16.5. The monoisotopic (exact) mass is 213 g/mol. The van der Waals surface area contributed by atoms with Gasteiger partial charge < -0.3 is 10.5 Å². The third kappa shape index (κ3) is 2.16. The first-order valence-electron chi connectivity index (χ1n) is 5.26. The third-order valence-electron chi connectivity index (χ3n) is 2.49. The average Bonchev–Trinajstić information content (AvgIpc) is 2.24. The van der Waals surface area contributed by atoms with Crippen LogP contribution >= 0.6 is 0 Å². The average molecular weight is 213 g/mol. The molecule has 0 unspecified atom stereocenters. The van der Waals surface area contributed by atoms with Crippen LogP contribution < -0.4 is 10.5 Å². The van der Waals surface area contributed by atoms with Crippen LogP contribution in [-0.4, -0.2) is 0 Å². The Morgan fingerprint density at radius 3 is 2.19 bits per heavy atom. The van der Waals surface area contributed by atoms with E-state index in [1.54, 1.807) is 0 Å². The Labute approximate surface area is 95.7 Å². The topological polar surface area (TPSA) is 35.2 Å². The number of benzene rings is 2. The zero-order valence-electron chi connectivity index (χ0n) is 9.53. The van der Waals surface area contributed by atoms with Crippen LogP contribution in [0.2, 0.25) is 0 Å². The number of hydrogen-bond donors (Lipinski definition) is 1. The standard InChI is InChI=1S/C14H15NO/c1-10-5-3-6-11(2)14(10)16-13-8-4-7-12(15)9-13/h3-9H,15H2,1-2H3. The lowest BCUT2D eigenvalue weighted by atomic mass is 10.1. The molecule has 0 aromatic heterocycles. The van der Waals surface area contributed by atoms with Crippen molar-refractivity contribution >= 4 is 5.69 Å². The molecule has 0 bridgehead atoms. The maximum Gasteiger partial charge on any atom is 0.133 e. The molecule has 2 nitrogen and oxygen atoms in total. The molecule has 2 rings (SSSR count). The summed E-state index contributed by atoms with van der Waals surface area (Å²) in [6.45, 7) is 4.07. The second kappa shape index (κ2) is 4.27. The number of nitrogens with two attached hydrogens (primary N) is 1. The molecule has 0 aliphatic rings. The number of para-hydroxylation sites is 1. The van der Waals surface area contributed by atoms with Gasteiger partial charge in [-0.1, -0.05) is 24.3 Å². The maximum absolute atomic E-state index is 5.84. The lowest BCUT2D eigenvalue weighted by Crippen LogP contribution is -1.92. The highest BCUT2D eigenvalue weighted by Gasteiger charge is 2.04. The van der Waals surface area contributed by atoms with Gasteiger partial charge in [-0.2, -0.15) is 0 Å². The molecule has 0 saturated carbocycles. The number of ether oxygens (including phenoxy) is 1. The molecule has 0 radical (unpaired) electrons. The number of nitrogen functional groups attached to an aromatic ring is 1. The fourth-order valence-corrected chi connectivity index (χ4v) is 1.66. The first-order valence-corrected chi connectivity index (χ1v) is 5.26. The molecular formula is C14H15NO. The SMILES string of the molecule is Cc1cccc(C)c1Oc1cccc(N)c1. The van der Waals surface area contributed by atoms with Crippen LogP contribution in [0, 0.1) is 13.8 Å². The van der Waals surface area contributed by atoms with Crippen LogP contribution in [0.1, 0.15) is 11.1 Å². The second-order valence-electron chi connectivity index (χ2n) is 3.90. The smallest absolute Gasteiger partial charge is 0.133 e. The van der Waals surface area contributed by atoms with Gasteiger partial charge in [0.05, 0.1) is 0 Å². The summed E-state index contributed by atoms with van der Waals surface area (Å²) in [4.78, 5) is 0. The zero-order valence-corrected chi connectivity index (χ0v) is 9.53. The first-order chi connectivity index (χ1) is 7.66. The molecule has 0 heterocycles. The van der Waals surface area contributed by atoms with Crippen molar-refractivity contribution in [2.24, 2.45) is 0 Å². The Hall–Kier alpha value is -1.96. The predicted molar refractivity (Wildman–Crippen MR) is 66.8 cm³/mol. The normalized spacial score (nSPS) is 10.1. The fraction of sp³-hybridized carbons (Fsp3) is 0.143. The van der Waals surface area contributed by atoms with E-state index in [-0.39, 0.29) is 0 Å². The van der Waals surface area contributed by atoms with Crippen LogP contribution in [0.4, 0.5) is 5.69 Å². The minimum absolute atomic E-state index is 0.712. The van der Waals surface area contributed by atoms with Crippen molar-refractivity contribution in [1.29, 1.82) is 0 Å². The van der Waals surface area contributed by atoms with Crippen molar-refractivity contribution in [3.63, 3.8) is 0 Å². The van der Waals surface area contributed by atoms with E-state index in [1.165, 1.54) is 0 Å². The molecule has 16 heavy (non-hydrogen) atoms. The predicted octanol–water partition coefficient (Wildman–Crippen LogP) is 3.68. The van der Waals surface area contributed by atoms with E-state index in [1.807, 2.05) is 56.3 Å². The van der Waals surface area contributed by atoms with Crippen molar-refractivity contribution in [2.75, 3.05) is 5.73 Å². The molecule has 0 aliphatic heterocycles. The van der Waals surface area contributed by atoms with Gasteiger partial charge in [0.25, 0.3) is 0 Å². The summed E-state index contributed by atoms with van der Waals surface area (Å²) >= 11 is 0. The molecule has 2 N–H and O–H groups in total. The van der Waals surface area contributed by atoms with Crippen LogP contribution in [0.25, 0.3) is 0 Å². The highest BCUT2D eigenvalue weighted by molar-refractivity contribution is 5.47. The number of hydrogen-bond acceptors (Lipinski definition) is 2. The number of aryl methyl sites for hydroxylation is 2. The van der Waals surface area contributed by atoms with Gasteiger partial charge in [-0.3, -0.25) is 0 Å². The van der Waals surface area contributed by atoms with Crippen LogP contribution in [-0.2, 0) is 0 Å². The lowest BCUT2D eigenvalue weighted by Gasteiger charge is -2.11. The van der Waals surface area contributed by atoms with E-state index < -0.39 is 0 Å². The van der Waals surface area contributed by atoms with Crippen molar-refractivity contribution in [1.82, 2.24) is 0 Å². The molecule has 0 atom stereocenters. The summed E-state index contributed by atoms with van der Waals surface area (Å²) in [6.07, 6.45) is 0. The number of rotatable bonds is 2. The summed E-state index contributed by atoms with van der Waals surface area (Å²) in [5.74, 6) is 1.69. The minimum atomic E-state index is 0.712. The van der Waals surface area contributed by atoms with Crippen molar-refractivity contribution in [2.45, 2.75) is 13.8 Å². The summed E-state index contributed by atoms with van der Waals surface area (Å²) in [6, 6.07) is 13.6. The highest BCUT2D eigenvalue weighted by Crippen LogP contribution is 2.29. The van der Waals surface area contributed by atoms with Crippen molar-refractivity contribution < 1.29 is 4.74 Å². The first kappa shape index (κ1) is 10.6. The van der Waals surface area contributed by atoms with E-state index in [9.17, 15) is 0 Å². The Balaban J connectivity index is 2.34. The summed E-state index contributed by atoms with van der Waals surface area (Å²) in [5, 5.41) is 0. The van der Waals surface area contributed by atoms with Gasteiger partial charge in [0.2, 0.25) is 0 Å². The van der Waals surface area contributed by atoms with Crippen LogP contribution in [0.5, 0.6) is 11.5 Å². The third-order valence-corrected chi connectivity index (χ3v) is 2.49. The number of anilines is 1. The maximum atomic E-state index is 5.84. The van der Waals surface area contributed by atoms with Gasteiger partial charge >= 0.3 is 0 Å². The van der Waals surface area contributed by atoms with Crippen LogP contribution in [0.15, 0.2) is 42.5 Å². The molecule has 2 heteroatoms. The summed E-state index contributed by atoms with van der Waals surface area (Å²) in [5.41, 5.74) is 8.67.